The number of alkyl halides is 1. The van der Waals surface area contributed by atoms with Crippen LogP contribution < -0.4 is 5.32 Å². The molecule has 0 aliphatic heterocycles. The predicted molar refractivity (Wildman–Crippen MR) is 104 cm³/mol. The second-order valence-electron chi connectivity index (χ2n) is 8.78. The molecule has 4 saturated carbocycles. The van der Waals surface area contributed by atoms with Gasteiger partial charge in [-0.1, -0.05) is 34.1 Å². The lowest BCUT2D eigenvalue weighted by Gasteiger charge is -2.60. The molecule has 4 fully saturated rings. The van der Waals surface area contributed by atoms with Crippen molar-refractivity contribution in [3.8, 4) is 0 Å². The van der Waals surface area contributed by atoms with E-state index in [0.29, 0.717) is 12.1 Å². The smallest absolute Gasteiger partial charge is 0.307 e. The summed E-state index contributed by atoms with van der Waals surface area (Å²) in [5.74, 6) is 0.954. The molecule has 2 unspecified atom stereocenters. The van der Waals surface area contributed by atoms with Crippen LogP contribution in [0.5, 0.6) is 0 Å². The number of amides is 1. The van der Waals surface area contributed by atoms with E-state index in [0.717, 1.165) is 31.1 Å². The lowest BCUT2D eigenvalue weighted by Crippen LogP contribution is -2.53. The Bertz CT molecular complexity index is 690. The van der Waals surface area contributed by atoms with Gasteiger partial charge in [0.1, 0.15) is 0 Å². The number of benzene rings is 1. The van der Waals surface area contributed by atoms with Crippen LogP contribution in [0, 0.1) is 17.3 Å². The van der Waals surface area contributed by atoms with Crippen LogP contribution in [0.3, 0.4) is 0 Å². The topological polar surface area (TPSA) is 55.4 Å². The average molecular weight is 420 g/mol. The molecule has 0 radical (unpaired) electrons. The summed E-state index contributed by atoms with van der Waals surface area (Å²) in [4.78, 5) is 24.8. The van der Waals surface area contributed by atoms with E-state index in [2.05, 4.69) is 21.2 Å². The highest BCUT2D eigenvalue weighted by Gasteiger charge is 2.57. The standard InChI is InChI=1S/C21H26BrNO3/c1-14(19(25)23-17-5-3-2-4-6-17)26-18(24)12-20-8-15-7-16(9-20)11-21(22,10-15)13-20/h2-6,14-16H,7-13H2,1H3,(H,23,25)/t14-,15-,16+,20?,21?/m1/s1. The Morgan fingerprint density at radius 2 is 1.85 bits per heavy atom. The first-order valence-corrected chi connectivity index (χ1v) is 10.4. The van der Waals surface area contributed by atoms with Gasteiger partial charge in [0.15, 0.2) is 6.10 Å². The van der Waals surface area contributed by atoms with Crippen LogP contribution in [0.2, 0.25) is 0 Å². The minimum absolute atomic E-state index is 0.0697. The summed E-state index contributed by atoms with van der Waals surface area (Å²) in [6.07, 6.45) is 6.80. The van der Waals surface area contributed by atoms with Gasteiger partial charge in [-0.15, -0.1) is 0 Å². The molecule has 26 heavy (non-hydrogen) atoms. The van der Waals surface area contributed by atoms with Crippen molar-refractivity contribution >= 4 is 33.5 Å². The number of carbonyl (C=O) groups excluding carboxylic acids is 2. The molecule has 4 nitrogen and oxygen atoms in total. The van der Waals surface area contributed by atoms with E-state index >= 15 is 0 Å². The number of esters is 1. The van der Waals surface area contributed by atoms with Gasteiger partial charge in [-0.3, -0.25) is 9.59 Å². The summed E-state index contributed by atoms with van der Waals surface area (Å²) in [6, 6.07) is 9.24. The number of para-hydroxylation sites is 1. The first-order chi connectivity index (χ1) is 12.3. The highest BCUT2D eigenvalue weighted by atomic mass is 79.9. The molecule has 0 spiro atoms. The third-order valence-corrected chi connectivity index (χ3v) is 7.28. The molecule has 1 aromatic rings. The van der Waals surface area contributed by atoms with Gasteiger partial charge < -0.3 is 10.1 Å². The number of ether oxygens (including phenoxy) is 1. The van der Waals surface area contributed by atoms with Crippen LogP contribution in [0.15, 0.2) is 30.3 Å². The van der Waals surface area contributed by atoms with Crippen molar-refractivity contribution in [1.82, 2.24) is 0 Å². The van der Waals surface area contributed by atoms with Crippen molar-refractivity contribution in [3.05, 3.63) is 30.3 Å². The minimum Gasteiger partial charge on any atom is -0.453 e. The van der Waals surface area contributed by atoms with Crippen LogP contribution in [-0.4, -0.2) is 22.3 Å². The van der Waals surface area contributed by atoms with E-state index in [1.165, 1.54) is 19.3 Å². The van der Waals surface area contributed by atoms with E-state index < -0.39 is 6.10 Å². The molecule has 5 heteroatoms. The van der Waals surface area contributed by atoms with Crippen molar-refractivity contribution in [2.75, 3.05) is 5.32 Å². The fraction of sp³-hybridized carbons (Fsp3) is 0.619. The van der Waals surface area contributed by atoms with Gasteiger partial charge in [-0.05, 0) is 74.8 Å². The Labute approximate surface area is 163 Å². The molecule has 140 valence electrons. The van der Waals surface area contributed by atoms with Crippen molar-refractivity contribution in [2.24, 2.45) is 17.3 Å². The maximum absolute atomic E-state index is 12.6. The number of nitrogens with one attached hydrogen (secondary N) is 1. The third kappa shape index (κ3) is 3.68. The quantitative estimate of drug-likeness (QED) is 0.556. The lowest BCUT2D eigenvalue weighted by atomic mass is 9.49. The van der Waals surface area contributed by atoms with Gasteiger partial charge in [0.25, 0.3) is 5.91 Å². The Kier molecular flexibility index (Phi) is 4.62. The zero-order valence-corrected chi connectivity index (χ0v) is 16.8. The van der Waals surface area contributed by atoms with Gasteiger partial charge in [0.2, 0.25) is 0 Å². The fourth-order valence-electron chi connectivity index (χ4n) is 5.91. The highest BCUT2D eigenvalue weighted by molar-refractivity contribution is 9.10. The van der Waals surface area contributed by atoms with Crippen LogP contribution in [-0.2, 0) is 14.3 Å². The third-order valence-electron chi connectivity index (χ3n) is 6.35. The number of hydrogen-bond donors (Lipinski definition) is 1. The highest BCUT2D eigenvalue weighted by Crippen LogP contribution is 2.65. The maximum Gasteiger partial charge on any atom is 0.307 e. The van der Waals surface area contributed by atoms with Crippen LogP contribution in [0.4, 0.5) is 5.69 Å². The lowest BCUT2D eigenvalue weighted by molar-refractivity contribution is -0.159. The summed E-state index contributed by atoms with van der Waals surface area (Å²) in [5, 5.41) is 2.79. The molecule has 4 aliphatic rings. The Balaban J connectivity index is 1.34. The molecular weight excluding hydrogens is 394 g/mol. The summed E-state index contributed by atoms with van der Waals surface area (Å²) in [5.41, 5.74) is 0.781. The summed E-state index contributed by atoms with van der Waals surface area (Å²) in [6.45, 7) is 1.64. The van der Waals surface area contributed by atoms with Gasteiger partial charge in [0, 0.05) is 10.0 Å². The van der Waals surface area contributed by atoms with E-state index in [4.69, 9.17) is 4.74 Å². The molecule has 1 N–H and O–H groups in total. The SMILES string of the molecule is C[C@@H](OC(=O)CC12C[C@@H]3C[C@@H](CC(Br)(C3)C1)C2)C(=O)Nc1ccccc1. The summed E-state index contributed by atoms with van der Waals surface area (Å²) < 4.78 is 5.72. The molecule has 0 heterocycles. The second kappa shape index (κ2) is 6.66. The van der Waals surface area contributed by atoms with Gasteiger partial charge in [-0.25, -0.2) is 0 Å². The molecular formula is C21H26BrNO3. The molecule has 4 bridgehead atoms. The number of rotatable bonds is 5. The second-order valence-corrected chi connectivity index (χ2v) is 10.5. The van der Waals surface area contributed by atoms with Crippen LogP contribution in [0.1, 0.15) is 51.9 Å². The number of anilines is 1. The van der Waals surface area contributed by atoms with E-state index in [1.807, 2.05) is 30.3 Å². The Morgan fingerprint density at radius 3 is 2.46 bits per heavy atom. The van der Waals surface area contributed by atoms with Crippen molar-refractivity contribution in [3.63, 3.8) is 0 Å². The van der Waals surface area contributed by atoms with Crippen molar-refractivity contribution in [1.29, 1.82) is 0 Å². The number of halogens is 1. The van der Waals surface area contributed by atoms with Gasteiger partial charge in [-0.2, -0.15) is 0 Å². The monoisotopic (exact) mass is 419 g/mol. The molecule has 5 atom stereocenters. The first kappa shape index (κ1) is 18.0. The molecule has 1 aromatic carbocycles. The normalized spacial score (nSPS) is 35.8. The number of hydrogen-bond acceptors (Lipinski definition) is 3. The summed E-state index contributed by atoms with van der Waals surface area (Å²) in [7, 11) is 0. The molecule has 0 aromatic heterocycles. The zero-order valence-electron chi connectivity index (χ0n) is 15.2. The minimum atomic E-state index is -0.783. The van der Waals surface area contributed by atoms with E-state index in [1.54, 1.807) is 6.92 Å². The average Bonchev–Trinajstić information content (AvgIpc) is 2.52. The van der Waals surface area contributed by atoms with Crippen LogP contribution >= 0.6 is 15.9 Å². The Morgan fingerprint density at radius 1 is 1.19 bits per heavy atom. The molecule has 5 rings (SSSR count). The largest absolute Gasteiger partial charge is 0.453 e. The maximum atomic E-state index is 12.6. The van der Waals surface area contributed by atoms with Crippen molar-refractivity contribution < 1.29 is 14.3 Å². The van der Waals surface area contributed by atoms with E-state index in [-0.39, 0.29) is 21.6 Å². The molecule has 1 amide bonds. The van der Waals surface area contributed by atoms with Crippen molar-refractivity contribution in [2.45, 2.75) is 62.3 Å². The van der Waals surface area contributed by atoms with E-state index in [9.17, 15) is 9.59 Å². The number of carbonyl (C=O) groups is 2. The van der Waals surface area contributed by atoms with Crippen LogP contribution in [0.25, 0.3) is 0 Å². The molecule has 4 aliphatic carbocycles. The zero-order chi connectivity index (χ0) is 18.4. The fourth-order valence-corrected chi connectivity index (χ4v) is 7.42. The van der Waals surface area contributed by atoms with Gasteiger partial charge >= 0.3 is 5.97 Å². The first-order valence-electron chi connectivity index (χ1n) is 9.59. The van der Waals surface area contributed by atoms with Gasteiger partial charge in [0.05, 0.1) is 6.42 Å². The predicted octanol–water partition coefficient (Wildman–Crippen LogP) is 4.68. The molecule has 0 saturated heterocycles. The summed E-state index contributed by atoms with van der Waals surface area (Å²) >= 11 is 3.98. The Hall–Kier alpha value is -1.36.